The van der Waals surface area contributed by atoms with Gasteiger partial charge in [-0.25, -0.2) is 9.97 Å². The molecule has 1 aromatic carbocycles. The molecule has 0 saturated heterocycles. The van der Waals surface area contributed by atoms with E-state index in [0.717, 1.165) is 5.56 Å². The van der Waals surface area contributed by atoms with E-state index in [9.17, 15) is 9.90 Å². The molecule has 0 aliphatic rings. The molecule has 0 radical (unpaired) electrons. The maximum absolute atomic E-state index is 12.7. The maximum Gasteiger partial charge on any atom is 0.263 e. The van der Waals surface area contributed by atoms with E-state index in [1.54, 1.807) is 36.5 Å². The van der Waals surface area contributed by atoms with Gasteiger partial charge in [-0.05, 0) is 41.5 Å². The number of hydrogen-bond donors (Lipinski definition) is 1. The molecular formula is C18H16ClN7O2. The average molecular weight is 398 g/mol. The number of hydrogen-bond acceptors (Lipinski definition) is 7. The van der Waals surface area contributed by atoms with Crippen LogP contribution in [0.2, 0.25) is 5.02 Å². The van der Waals surface area contributed by atoms with Crippen LogP contribution in [-0.2, 0) is 13.1 Å². The number of halogens is 1. The number of aliphatic hydroxyl groups is 1. The Balaban J connectivity index is 1.54. The van der Waals surface area contributed by atoms with Crippen molar-refractivity contribution in [2.45, 2.75) is 26.1 Å². The number of pyridine rings is 1. The van der Waals surface area contributed by atoms with E-state index in [4.69, 9.17) is 11.6 Å². The molecule has 0 bridgehead atoms. The second-order valence-corrected chi connectivity index (χ2v) is 6.77. The van der Waals surface area contributed by atoms with Gasteiger partial charge in [0.25, 0.3) is 5.56 Å². The lowest BCUT2D eigenvalue weighted by molar-refractivity contribution is 0.144. The molecule has 0 aliphatic heterocycles. The summed E-state index contributed by atoms with van der Waals surface area (Å²) < 4.78 is 1.41. The summed E-state index contributed by atoms with van der Waals surface area (Å²) in [6, 6.07) is 8.71. The number of aromatic nitrogens is 7. The number of aliphatic hydroxyl groups excluding tert-OH is 1. The number of aryl methyl sites for hydroxylation is 1. The van der Waals surface area contributed by atoms with Crippen LogP contribution in [0.4, 0.5) is 0 Å². The smallest absolute Gasteiger partial charge is 0.263 e. The Bertz CT molecular complexity index is 1200. The zero-order valence-electron chi connectivity index (χ0n) is 14.9. The fourth-order valence-electron chi connectivity index (χ4n) is 2.88. The van der Waals surface area contributed by atoms with Gasteiger partial charge in [0.2, 0.25) is 0 Å². The zero-order valence-corrected chi connectivity index (χ0v) is 15.7. The first kappa shape index (κ1) is 18.2. The van der Waals surface area contributed by atoms with E-state index in [0.29, 0.717) is 27.4 Å². The molecule has 1 unspecified atom stereocenters. The molecule has 0 saturated carbocycles. The van der Waals surface area contributed by atoms with Crippen LogP contribution in [0.25, 0.3) is 11.0 Å². The largest absolute Gasteiger partial charge is 0.386 e. The molecule has 4 aromatic rings. The van der Waals surface area contributed by atoms with Gasteiger partial charge in [-0.1, -0.05) is 23.7 Å². The van der Waals surface area contributed by atoms with Crippen molar-refractivity contribution in [3.8, 4) is 0 Å². The molecule has 1 atom stereocenters. The highest BCUT2D eigenvalue weighted by Gasteiger charge is 2.13. The Hall–Kier alpha value is -3.17. The van der Waals surface area contributed by atoms with Gasteiger partial charge in [0.1, 0.15) is 12.4 Å². The zero-order chi connectivity index (χ0) is 19.7. The van der Waals surface area contributed by atoms with Crippen molar-refractivity contribution in [2.75, 3.05) is 0 Å². The third-order valence-corrected chi connectivity index (χ3v) is 4.54. The molecule has 9 nitrogen and oxygen atoms in total. The van der Waals surface area contributed by atoms with Gasteiger partial charge >= 0.3 is 0 Å². The molecule has 4 rings (SSSR count). The van der Waals surface area contributed by atoms with Gasteiger partial charge in [-0.3, -0.25) is 9.36 Å². The van der Waals surface area contributed by atoms with Crippen molar-refractivity contribution in [2.24, 2.45) is 0 Å². The SMILES string of the molecule is Cc1ccnc2ncn(Cc3nnn(CC(O)c4cccc(Cl)c4)n3)c(=O)c12. The second kappa shape index (κ2) is 7.45. The molecule has 142 valence electrons. The van der Waals surface area contributed by atoms with E-state index < -0.39 is 6.10 Å². The van der Waals surface area contributed by atoms with Crippen LogP contribution < -0.4 is 5.56 Å². The molecule has 3 aromatic heterocycles. The number of nitrogens with zero attached hydrogens (tertiary/aromatic N) is 7. The Kier molecular flexibility index (Phi) is 4.84. The minimum absolute atomic E-state index is 0.112. The number of rotatable bonds is 5. The predicted molar refractivity (Wildman–Crippen MR) is 102 cm³/mol. The lowest BCUT2D eigenvalue weighted by Crippen LogP contribution is -2.23. The summed E-state index contributed by atoms with van der Waals surface area (Å²) in [6.45, 7) is 2.06. The molecule has 0 fully saturated rings. The minimum Gasteiger partial charge on any atom is -0.386 e. The topological polar surface area (TPSA) is 112 Å². The fraction of sp³-hybridized carbons (Fsp3) is 0.222. The first-order valence-corrected chi connectivity index (χ1v) is 8.90. The van der Waals surface area contributed by atoms with Gasteiger partial charge < -0.3 is 5.11 Å². The first-order chi connectivity index (χ1) is 13.5. The third-order valence-electron chi connectivity index (χ3n) is 4.31. The molecule has 0 aliphatic carbocycles. The summed E-state index contributed by atoms with van der Waals surface area (Å²) in [6.07, 6.45) is 2.20. The quantitative estimate of drug-likeness (QED) is 0.543. The van der Waals surface area contributed by atoms with Crippen LogP contribution >= 0.6 is 11.6 Å². The van der Waals surface area contributed by atoms with Crippen LogP contribution in [0.3, 0.4) is 0 Å². The van der Waals surface area contributed by atoms with E-state index in [-0.39, 0.29) is 18.6 Å². The van der Waals surface area contributed by atoms with E-state index >= 15 is 0 Å². The highest BCUT2D eigenvalue weighted by Crippen LogP contribution is 2.18. The standard InChI is InChI=1S/C18H16ClN7O2/c1-11-5-6-20-17-16(11)18(28)25(10-21-17)9-15-22-24-26(23-15)8-14(27)12-3-2-4-13(19)7-12/h2-7,10,14,27H,8-9H2,1H3. The minimum atomic E-state index is -0.834. The van der Waals surface area contributed by atoms with Gasteiger partial charge in [0, 0.05) is 11.2 Å². The van der Waals surface area contributed by atoms with Crippen molar-refractivity contribution in [3.05, 3.63) is 75.2 Å². The average Bonchev–Trinajstić information content (AvgIpc) is 3.11. The molecule has 10 heteroatoms. The van der Waals surface area contributed by atoms with Crippen molar-refractivity contribution in [1.82, 2.24) is 34.7 Å². The predicted octanol–water partition coefficient (Wildman–Crippen LogP) is 1.52. The Morgan fingerprint density at radius 2 is 2.11 bits per heavy atom. The van der Waals surface area contributed by atoms with Gasteiger partial charge in [-0.2, -0.15) is 4.80 Å². The summed E-state index contributed by atoms with van der Waals surface area (Å²) >= 11 is 5.95. The summed E-state index contributed by atoms with van der Waals surface area (Å²) in [4.78, 5) is 22.3. The summed E-state index contributed by atoms with van der Waals surface area (Å²) in [5.74, 6) is 0.336. The Morgan fingerprint density at radius 1 is 1.25 bits per heavy atom. The molecule has 28 heavy (non-hydrogen) atoms. The molecular weight excluding hydrogens is 382 g/mol. The number of fused-ring (bicyclic) bond motifs is 1. The Morgan fingerprint density at radius 3 is 2.93 bits per heavy atom. The molecule has 3 heterocycles. The molecule has 0 spiro atoms. The molecule has 0 amide bonds. The second-order valence-electron chi connectivity index (χ2n) is 6.34. The van der Waals surface area contributed by atoms with Crippen molar-refractivity contribution in [1.29, 1.82) is 0 Å². The lowest BCUT2D eigenvalue weighted by Gasteiger charge is -2.09. The van der Waals surface area contributed by atoms with Crippen molar-refractivity contribution in [3.63, 3.8) is 0 Å². The van der Waals surface area contributed by atoms with Crippen LogP contribution in [-0.4, -0.2) is 39.8 Å². The van der Waals surface area contributed by atoms with Gasteiger partial charge in [0.15, 0.2) is 11.5 Å². The van der Waals surface area contributed by atoms with E-state index in [1.165, 1.54) is 15.7 Å². The van der Waals surface area contributed by atoms with Gasteiger partial charge in [-0.15, -0.1) is 10.2 Å². The van der Waals surface area contributed by atoms with E-state index in [1.807, 2.05) is 6.92 Å². The lowest BCUT2D eigenvalue weighted by atomic mass is 10.1. The van der Waals surface area contributed by atoms with Gasteiger partial charge in [0.05, 0.1) is 18.5 Å². The van der Waals surface area contributed by atoms with Crippen LogP contribution in [0, 0.1) is 6.92 Å². The monoisotopic (exact) mass is 397 g/mol. The number of tetrazole rings is 1. The van der Waals surface area contributed by atoms with Crippen molar-refractivity contribution < 1.29 is 5.11 Å². The Labute approximate surface area is 164 Å². The highest BCUT2D eigenvalue weighted by molar-refractivity contribution is 6.30. The summed E-state index contributed by atoms with van der Waals surface area (Å²) in [5.41, 5.74) is 1.65. The van der Waals surface area contributed by atoms with E-state index in [2.05, 4.69) is 25.4 Å². The maximum atomic E-state index is 12.7. The summed E-state index contributed by atoms with van der Waals surface area (Å²) in [5, 5.41) is 23.5. The van der Waals surface area contributed by atoms with Crippen LogP contribution in [0.1, 0.15) is 23.1 Å². The molecule has 1 N–H and O–H groups in total. The third kappa shape index (κ3) is 3.62. The summed E-state index contributed by atoms with van der Waals surface area (Å²) in [7, 11) is 0. The fourth-order valence-corrected chi connectivity index (χ4v) is 3.08. The number of benzene rings is 1. The van der Waals surface area contributed by atoms with Crippen LogP contribution in [0.15, 0.2) is 47.7 Å². The van der Waals surface area contributed by atoms with Crippen LogP contribution in [0.5, 0.6) is 0 Å². The van der Waals surface area contributed by atoms with Crippen molar-refractivity contribution >= 4 is 22.6 Å². The normalized spacial score (nSPS) is 12.4. The highest BCUT2D eigenvalue weighted by atomic mass is 35.5. The first-order valence-electron chi connectivity index (χ1n) is 8.52.